The van der Waals surface area contributed by atoms with Crippen molar-refractivity contribution in [3.63, 3.8) is 0 Å². The molecule has 1 aliphatic carbocycles. The molecule has 2 aromatic rings. The van der Waals surface area contributed by atoms with Crippen LogP contribution in [0.2, 0.25) is 0 Å². The maximum Gasteiger partial charge on any atom is 0.227 e. The first-order valence-corrected chi connectivity index (χ1v) is 11.7. The van der Waals surface area contributed by atoms with Crippen molar-refractivity contribution in [1.82, 2.24) is 20.8 Å². The summed E-state index contributed by atoms with van der Waals surface area (Å²) in [6, 6.07) is 8.37. The van der Waals surface area contributed by atoms with Gasteiger partial charge in [0.25, 0.3) is 0 Å². The van der Waals surface area contributed by atoms with Crippen LogP contribution >= 0.6 is 0 Å². The second-order valence-electron chi connectivity index (χ2n) is 9.72. The standard InChI is InChI=1S/C25H36N4O3/c1-18-10-9-11-20(16-18)24(3,4)17-26-21(31)12-13-22-27-23(29-32-22)25(28-19(2)30)14-7-5-6-8-15-25/h9-11,16H,5-8,12-15,17H2,1-4H3,(H,26,31)(H,28,30). The zero-order valence-corrected chi connectivity index (χ0v) is 19.8. The number of hydrogen-bond donors (Lipinski definition) is 2. The van der Waals surface area contributed by atoms with Gasteiger partial charge in [-0.2, -0.15) is 4.98 Å². The van der Waals surface area contributed by atoms with E-state index in [-0.39, 0.29) is 23.7 Å². The van der Waals surface area contributed by atoms with Crippen LogP contribution in [0.1, 0.15) is 88.6 Å². The molecular weight excluding hydrogens is 404 g/mol. The number of carbonyl (C=O) groups is 2. The van der Waals surface area contributed by atoms with Gasteiger partial charge in [0, 0.05) is 31.7 Å². The van der Waals surface area contributed by atoms with Gasteiger partial charge in [-0.05, 0) is 25.3 Å². The molecule has 0 radical (unpaired) electrons. The summed E-state index contributed by atoms with van der Waals surface area (Å²) in [5.41, 5.74) is 1.68. The van der Waals surface area contributed by atoms with E-state index in [4.69, 9.17) is 4.52 Å². The third-order valence-corrected chi connectivity index (χ3v) is 6.36. The molecule has 2 amide bonds. The van der Waals surface area contributed by atoms with Gasteiger partial charge in [0.05, 0.1) is 0 Å². The highest BCUT2D eigenvalue weighted by Gasteiger charge is 2.38. The Hall–Kier alpha value is -2.70. The van der Waals surface area contributed by atoms with Crippen molar-refractivity contribution in [2.45, 2.75) is 90.0 Å². The SMILES string of the molecule is CC(=O)NC1(c2noc(CCC(=O)NCC(C)(C)c3cccc(C)c3)n2)CCCCCC1. The van der Waals surface area contributed by atoms with Crippen LogP contribution < -0.4 is 10.6 Å². The van der Waals surface area contributed by atoms with Crippen LogP contribution in [0.15, 0.2) is 28.8 Å². The summed E-state index contributed by atoms with van der Waals surface area (Å²) in [6.45, 7) is 8.40. The highest BCUT2D eigenvalue weighted by molar-refractivity contribution is 5.76. The molecule has 1 aromatic heterocycles. The summed E-state index contributed by atoms with van der Waals surface area (Å²) in [5.74, 6) is 0.832. The molecule has 0 bridgehead atoms. The van der Waals surface area contributed by atoms with Crippen LogP contribution in [-0.2, 0) is 27.0 Å². The molecule has 1 fully saturated rings. The lowest BCUT2D eigenvalue weighted by Crippen LogP contribution is -2.45. The number of carbonyl (C=O) groups excluding carboxylic acids is 2. The van der Waals surface area contributed by atoms with E-state index >= 15 is 0 Å². The lowest BCUT2D eigenvalue weighted by molar-refractivity contribution is -0.122. The minimum absolute atomic E-state index is 0.0449. The first-order valence-electron chi connectivity index (χ1n) is 11.7. The van der Waals surface area contributed by atoms with Gasteiger partial charge >= 0.3 is 0 Å². The van der Waals surface area contributed by atoms with E-state index in [1.807, 2.05) is 6.07 Å². The lowest BCUT2D eigenvalue weighted by atomic mass is 9.84. The van der Waals surface area contributed by atoms with E-state index in [9.17, 15) is 9.59 Å². The monoisotopic (exact) mass is 440 g/mol. The number of aromatic nitrogens is 2. The van der Waals surface area contributed by atoms with Crippen LogP contribution in [0.5, 0.6) is 0 Å². The van der Waals surface area contributed by atoms with Gasteiger partial charge in [-0.25, -0.2) is 0 Å². The summed E-state index contributed by atoms with van der Waals surface area (Å²) in [4.78, 5) is 28.9. The fraction of sp³-hybridized carbons (Fsp3) is 0.600. The average molecular weight is 441 g/mol. The number of nitrogens with zero attached hydrogens (tertiary/aromatic N) is 2. The van der Waals surface area contributed by atoms with Crippen LogP contribution in [0, 0.1) is 6.92 Å². The van der Waals surface area contributed by atoms with Gasteiger partial charge in [0.1, 0.15) is 5.54 Å². The van der Waals surface area contributed by atoms with Crippen molar-refractivity contribution in [2.75, 3.05) is 6.54 Å². The number of amides is 2. The quantitative estimate of drug-likeness (QED) is 0.603. The topological polar surface area (TPSA) is 97.1 Å². The number of nitrogens with one attached hydrogen (secondary N) is 2. The third-order valence-electron chi connectivity index (χ3n) is 6.36. The van der Waals surface area contributed by atoms with Gasteiger partial charge in [-0.3, -0.25) is 9.59 Å². The van der Waals surface area contributed by atoms with Crippen LogP contribution in [0.3, 0.4) is 0 Å². The normalized spacial score (nSPS) is 16.2. The van der Waals surface area contributed by atoms with Crippen molar-refractivity contribution in [3.05, 3.63) is 47.1 Å². The molecule has 0 aliphatic heterocycles. The third kappa shape index (κ3) is 6.17. The molecule has 0 atom stereocenters. The Labute approximate surface area is 190 Å². The predicted octanol–water partition coefficient (Wildman–Crippen LogP) is 4.09. The fourth-order valence-electron chi connectivity index (χ4n) is 4.42. The average Bonchev–Trinajstić information content (AvgIpc) is 3.11. The number of benzene rings is 1. The minimum Gasteiger partial charge on any atom is -0.355 e. The molecule has 7 nitrogen and oxygen atoms in total. The van der Waals surface area contributed by atoms with Gasteiger partial charge in [0.15, 0.2) is 5.82 Å². The predicted molar refractivity (Wildman–Crippen MR) is 123 cm³/mol. The van der Waals surface area contributed by atoms with Gasteiger partial charge in [-0.1, -0.05) is 74.5 Å². The second-order valence-corrected chi connectivity index (χ2v) is 9.72. The highest BCUT2D eigenvalue weighted by atomic mass is 16.5. The number of aryl methyl sites for hydroxylation is 2. The molecule has 174 valence electrons. The van der Waals surface area contributed by atoms with Gasteiger partial charge in [-0.15, -0.1) is 0 Å². The van der Waals surface area contributed by atoms with Crippen molar-refractivity contribution in [2.24, 2.45) is 0 Å². The van der Waals surface area contributed by atoms with Crippen molar-refractivity contribution < 1.29 is 14.1 Å². The Morgan fingerprint density at radius 1 is 1.16 bits per heavy atom. The Morgan fingerprint density at radius 2 is 1.88 bits per heavy atom. The Morgan fingerprint density at radius 3 is 2.53 bits per heavy atom. The maximum absolute atomic E-state index is 12.5. The maximum atomic E-state index is 12.5. The number of rotatable bonds is 8. The second kappa shape index (κ2) is 10.3. The van der Waals surface area contributed by atoms with E-state index in [1.165, 1.54) is 18.1 Å². The summed E-state index contributed by atoms with van der Waals surface area (Å²) in [7, 11) is 0. The fourth-order valence-corrected chi connectivity index (χ4v) is 4.42. The van der Waals surface area contributed by atoms with Crippen LogP contribution in [0.4, 0.5) is 0 Å². The van der Waals surface area contributed by atoms with Crippen molar-refractivity contribution in [3.8, 4) is 0 Å². The Balaban J connectivity index is 1.57. The molecule has 1 aliphatic rings. The van der Waals surface area contributed by atoms with Crippen molar-refractivity contribution in [1.29, 1.82) is 0 Å². The van der Waals surface area contributed by atoms with E-state index in [0.717, 1.165) is 38.5 Å². The Kier molecular flexibility index (Phi) is 7.69. The molecule has 2 N–H and O–H groups in total. The highest BCUT2D eigenvalue weighted by Crippen LogP contribution is 2.34. The molecular formula is C25H36N4O3. The van der Waals surface area contributed by atoms with Crippen LogP contribution in [-0.4, -0.2) is 28.5 Å². The molecule has 0 spiro atoms. The lowest BCUT2D eigenvalue weighted by Gasteiger charge is -2.30. The summed E-state index contributed by atoms with van der Waals surface area (Å²) < 4.78 is 5.45. The van der Waals surface area contributed by atoms with E-state index in [0.29, 0.717) is 24.7 Å². The first-order chi connectivity index (χ1) is 15.2. The smallest absolute Gasteiger partial charge is 0.227 e. The molecule has 1 heterocycles. The summed E-state index contributed by atoms with van der Waals surface area (Å²) in [5, 5.41) is 10.3. The number of hydrogen-bond acceptors (Lipinski definition) is 5. The van der Waals surface area contributed by atoms with E-state index in [2.05, 4.69) is 59.7 Å². The molecule has 0 unspecified atom stereocenters. The Bertz CT molecular complexity index is 927. The molecule has 3 rings (SSSR count). The zero-order chi connectivity index (χ0) is 23.2. The summed E-state index contributed by atoms with van der Waals surface area (Å²) in [6.07, 6.45) is 6.58. The molecule has 1 aromatic carbocycles. The van der Waals surface area contributed by atoms with Crippen molar-refractivity contribution >= 4 is 11.8 Å². The zero-order valence-electron chi connectivity index (χ0n) is 19.8. The summed E-state index contributed by atoms with van der Waals surface area (Å²) >= 11 is 0. The van der Waals surface area contributed by atoms with Gasteiger partial charge < -0.3 is 15.2 Å². The molecule has 0 saturated heterocycles. The van der Waals surface area contributed by atoms with Gasteiger partial charge in [0.2, 0.25) is 17.7 Å². The van der Waals surface area contributed by atoms with E-state index < -0.39 is 5.54 Å². The van der Waals surface area contributed by atoms with E-state index in [1.54, 1.807) is 0 Å². The van der Waals surface area contributed by atoms with Crippen LogP contribution in [0.25, 0.3) is 0 Å². The molecule has 7 heteroatoms. The minimum atomic E-state index is -0.565. The molecule has 1 saturated carbocycles. The first kappa shape index (κ1) is 24.0. The molecule has 32 heavy (non-hydrogen) atoms. The largest absolute Gasteiger partial charge is 0.355 e.